The maximum atomic E-state index is 11.4. The van der Waals surface area contributed by atoms with Crippen molar-refractivity contribution in [3.63, 3.8) is 0 Å². The molecule has 0 aliphatic carbocycles. The van der Waals surface area contributed by atoms with Gasteiger partial charge in [-0.2, -0.15) is 18.6 Å². The third kappa shape index (κ3) is 6.73. The van der Waals surface area contributed by atoms with E-state index in [0.717, 1.165) is 0 Å². The molecule has 0 saturated heterocycles. The zero-order chi connectivity index (χ0) is 36.2. The number of fused-ring (bicyclic) bond motifs is 2. The summed E-state index contributed by atoms with van der Waals surface area (Å²) in [5, 5.41) is 32.4. The highest BCUT2D eigenvalue weighted by atomic mass is 32.3. The van der Waals surface area contributed by atoms with Crippen LogP contribution in [-0.4, -0.2) is 60.2 Å². The van der Waals surface area contributed by atoms with E-state index >= 15 is 0 Å². The van der Waals surface area contributed by atoms with Crippen LogP contribution in [0.4, 0.5) is 28.6 Å². The summed E-state index contributed by atoms with van der Waals surface area (Å²) in [6.07, 6.45) is 1.39. The molecular weight excluding hydrogens is 717 g/mol. The lowest BCUT2D eigenvalue weighted by Crippen LogP contribution is -2.03. The zero-order valence-corrected chi connectivity index (χ0v) is 27.8. The second kappa shape index (κ2) is 12.7. The van der Waals surface area contributed by atoms with Gasteiger partial charge in [0.05, 0.1) is 37.3 Å². The molecular formula is C29H26N8O10S3. The number of anilines is 1. The third-order valence-electron chi connectivity index (χ3n) is 7.30. The Labute approximate surface area is 285 Å². The Bertz CT molecular complexity index is 2480. The summed E-state index contributed by atoms with van der Waals surface area (Å²) in [5.74, 6) is -0.503. The minimum absolute atomic E-state index is 0.0524. The summed E-state index contributed by atoms with van der Waals surface area (Å²) in [7, 11) is -13.0. The topological polar surface area (TPSA) is 302 Å². The molecule has 0 bridgehead atoms. The van der Waals surface area contributed by atoms with Gasteiger partial charge in [-0.25, -0.2) is 4.68 Å². The van der Waals surface area contributed by atoms with Gasteiger partial charge >= 0.3 is 0 Å². The molecule has 10 N–H and O–H groups in total. The van der Waals surface area contributed by atoms with Crippen molar-refractivity contribution < 1.29 is 45.4 Å². The SMILES string of the molecule is Cc1nn(-c2ccc(S(=O)(=O)O)cc2)c(N)c1N=Nc1ccc2c(O)c(N=Nc3ccc(S(O)(O)O)c4cccnc34)c(S(O)(O)O)cc2c1. The minimum atomic E-state index is -4.49. The molecule has 0 aliphatic heterocycles. The average Bonchev–Trinajstić information content (AvgIpc) is 3.33. The largest absolute Gasteiger partial charge is 0.505 e. The molecule has 0 aliphatic rings. The fourth-order valence-corrected chi connectivity index (χ4v) is 6.86. The first-order valence-electron chi connectivity index (χ1n) is 13.9. The highest BCUT2D eigenvalue weighted by molar-refractivity contribution is 8.19. The van der Waals surface area contributed by atoms with Crippen LogP contribution >= 0.6 is 21.7 Å². The van der Waals surface area contributed by atoms with Gasteiger partial charge in [-0.3, -0.25) is 9.54 Å². The second-order valence-corrected chi connectivity index (χ2v) is 15.0. The van der Waals surface area contributed by atoms with Crippen LogP contribution in [0.5, 0.6) is 5.75 Å². The Morgan fingerprint density at radius 1 is 0.740 bits per heavy atom. The summed E-state index contributed by atoms with van der Waals surface area (Å²) < 4.78 is 93.5. The van der Waals surface area contributed by atoms with Crippen LogP contribution in [0.3, 0.4) is 0 Å². The fourth-order valence-electron chi connectivity index (χ4n) is 4.99. The lowest BCUT2D eigenvalue weighted by Gasteiger charge is -2.22. The van der Waals surface area contributed by atoms with Crippen LogP contribution in [0.2, 0.25) is 0 Å². The van der Waals surface area contributed by atoms with E-state index in [2.05, 4.69) is 30.5 Å². The number of hydrogen-bond donors (Lipinski definition) is 9. The molecule has 6 rings (SSSR count). The summed E-state index contributed by atoms with van der Waals surface area (Å²) in [5.41, 5.74) is 7.10. The van der Waals surface area contributed by atoms with Crippen molar-refractivity contribution in [1.29, 1.82) is 0 Å². The van der Waals surface area contributed by atoms with E-state index in [4.69, 9.17) is 5.73 Å². The number of aromatic hydroxyl groups is 1. The van der Waals surface area contributed by atoms with Gasteiger partial charge in [0.1, 0.15) is 33.1 Å². The van der Waals surface area contributed by atoms with Crippen molar-refractivity contribution in [2.45, 2.75) is 21.6 Å². The summed E-state index contributed by atoms with van der Waals surface area (Å²) in [4.78, 5) is 3.08. The minimum Gasteiger partial charge on any atom is -0.505 e. The number of pyridine rings is 1. The standard InChI is InChI=1S/C29H26N8O10S3/c1-15-25(29(30)37(36-15)18-5-7-19(8-6-18)48(39,40)41)34-32-17-4-9-20-16(13-17)14-24(50(45,46)47)27(28(20)38)35-33-22-10-11-23(49(42,43)44)21-3-2-12-31-26(21)22/h2-14,38,42-47H,30H2,1H3,(H,39,40,41). The molecule has 50 heavy (non-hydrogen) atoms. The maximum absolute atomic E-state index is 11.4. The number of hydrogen-bond acceptors (Lipinski definition) is 16. The van der Waals surface area contributed by atoms with Gasteiger partial charge in [-0.1, -0.05) is 0 Å². The number of aromatic nitrogens is 3. The normalized spacial score (nSPS) is 13.6. The Morgan fingerprint density at radius 2 is 1.42 bits per heavy atom. The number of phenols is 1. The fraction of sp³-hybridized carbons (Fsp3) is 0.0345. The number of rotatable bonds is 8. The number of benzene rings is 4. The van der Waals surface area contributed by atoms with Crippen molar-refractivity contribution in [3.8, 4) is 11.4 Å². The molecule has 6 aromatic rings. The van der Waals surface area contributed by atoms with E-state index in [1.807, 2.05) is 0 Å². The van der Waals surface area contributed by atoms with Crippen LogP contribution in [0.15, 0.2) is 114 Å². The van der Waals surface area contributed by atoms with Crippen LogP contribution in [0.1, 0.15) is 5.69 Å². The van der Waals surface area contributed by atoms with Gasteiger partial charge in [-0.05, 0) is 85.1 Å². The molecule has 2 aromatic heterocycles. The van der Waals surface area contributed by atoms with E-state index in [-0.39, 0.29) is 54.3 Å². The van der Waals surface area contributed by atoms with Gasteiger partial charge in [0.15, 0.2) is 17.3 Å². The summed E-state index contributed by atoms with van der Waals surface area (Å²) in [6.45, 7) is 1.62. The molecule has 4 aromatic carbocycles. The number of phenolic OH excluding ortho intramolecular Hbond substituents is 1. The Balaban J connectivity index is 1.36. The van der Waals surface area contributed by atoms with E-state index in [1.165, 1.54) is 83.7 Å². The molecule has 0 amide bonds. The first-order valence-corrected chi connectivity index (χ1v) is 18.3. The number of aryl methyl sites for hydroxylation is 1. The van der Waals surface area contributed by atoms with E-state index < -0.39 is 48.2 Å². The van der Waals surface area contributed by atoms with Gasteiger partial charge in [0, 0.05) is 17.0 Å². The van der Waals surface area contributed by atoms with Gasteiger partial charge in [0.2, 0.25) is 0 Å². The van der Waals surface area contributed by atoms with Crippen LogP contribution < -0.4 is 5.73 Å². The Kier molecular flexibility index (Phi) is 8.82. The maximum Gasteiger partial charge on any atom is 0.294 e. The van der Waals surface area contributed by atoms with Crippen molar-refractivity contribution >= 4 is 82.1 Å². The Morgan fingerprint density at radius 3 is 2.08 bits per heavy atom. The van der Waals surface area contributed by atoms with E-state index in [9.17, 15) is 45.4 Å². The molecule has 0 atom stereocenters. The van der Waals surface area contributed by atoms with Gasteiger partial charge < -0.3 is 38.2 Å². The van der Waals surface area contributed by atoms with Gasteiger partial charge in [-0.15, -0.1) is 15.3 Å². The highest BCUT2D eigenvalue weighted by Gasteiger charge is 2.26. The van der Waals surface area contributed by atoms with Crippen molar-refractivity contribution in [2.24, 2.45) is 20.5 Å². The second-order valence-electron chi connectivity index (χ2n) is 10.6. The third-order valence-corrected chi connectivity index (χ3v) is 10.0. The molecule has 0 unspecified atom stereocenters. The predicted octanol–water partition coefficient (Wildman–Crippen LogP) is 8.41. The van der Waals surface area contributed by atoms with Gasteiger partial charge in [0.25, 0.3) is 10.1 Å². The number of azo groups is 2. The molecule has 260 valence electrons. The van der Waals surface area contributed by atoms with E-state index in [0.29, 0.717) is 11.4 Å². The van der Waals surface area contributed by atoms with Crippen LogP contribution in [0, 0.1) is 6.92 Å². The number of nitrogens with zero attached hydrogens (tertiary/aromatic N) is 7. The molecule has 0 saturated carbocycles. The lowest BCUT2D eigenvalue weighted by atomic mass is 10.1. The molecule has 0 spiro atoms. The quantitative estimate of drug-likeness (QED) is 0.0523. The average molecular weight is 743 g/mol. The van der Waals surface area contributed by atoms with Crippen LogP contribution in [-0.2, 0) is 10.1 Å². The molecule has 2 heterocycles. The highest BCUT2D eigenvalue weighted by Crippen LogP contribution is 2.55. The molecule has 0 radical (unpaired) electrons. The number of nitrogen functional groups attached to an aromatic ring is 1. The first kappa shape index (κ1) is 34.8. The zero-order valence-electron chi connectivity index (χ0n) is 25.3. The van der Waals surface area contributed by atoms with Crippen molar-refractivity contribution in [3.05, 3.63) is 84.7 Å². The van der Waals surface area contributed by atoms with E-state index in [1.54, 1.807) is 6.92 Å². The molecule has 0 fully saturated rings. The van der Waals surface area contributed by atoms with Crippen LogP contribution in [0.25, 0.3) is 27.4 Å². The molecule has 21 heteroatoms. The predicted molar refractivity (Wildman–Crippen MR) is 186 cm³/mol. The lowest BCUT2D eigenvalue weighted by molar-refractivity contribution is 0.374. The number of nitrogens with two attached hydrogens (primary N) is 1. The monoisotopic (exact) mass is 742 g/mol. The summed E-state index contributed by atoms with van der Waals surface area (Å²) in [6, 6.07) is 16.1. The smallest absolute Gasteiger partial charge is 0.294 e. The van der Waals surface area contributed by atoms with Crippen molar-refractivity contribution in [2.75, 3.05) is 5.73 Å². The first-order chi connectivity index (χ1) is 23.4. The van der Waals surface area contributed by atoms with Crippen molar-refractivity contribution in [1.82, 2.24) is 14.8 Å². The molecule has 18 nitrogen and oxygen atoms in total. The Hall–Kier alpha value is -5.07. The summed E-state index contributed by atoms with van der Waals surface area (Å²) >= 11 is 0.